The Balaban J connectivity index is 2.41. The van der Waals surface area contributed by atoms with Crippen molar-refractivity contribution in [1.29, 1.82) is 0 Å². The molecule has 0 aromatic heterocycles. The van der Waals surface area contributed by atoms with Crippen LogP contribution in [0.15, 0.2) is 24.3 Å². The van der Waals surface area contributed by atoms with E-state index in [0.717, 1.165) is 6.42 Å². The fourth-order valence-corrected chi connectivity index (χ4v) is 1.82. The average Bonchev–Trinajstić information content (AvgIpc) is 2.34. The van der Waals surface area contributed by atoms with Crippen LogP contribution in [-0.2, 0) is 11.2 Å². The summed E-state index contributed by atoms with van der Waals surface area (Å²) in [5, 5.41) is 0. The SMILES string of the molecule is Cc1ccccc1CCC(=O)N(C)CCC(N)=S. The maximum atomic E-state index is 11.9. The number of hydrogen-bond acceptors (Lipinski definition) is 2. The first kappa shape index (κ1) is 14.6. The fourth-order valence-electron chi connectivity index (χ4n) is 1.73. The number of carbonyl (C=O) groups is 1. The summed E-state index contributed by atoms with van der Waals surface area (Å²) >= 11 is 4.80. The van der Waals surface area contributed by atoms with E-state index in [1.807, 2.05) is 12.1 Å². The van der Waals surface area contributed by atoms with Crippen LogP contribution in [0, 0.1) is 6.92 Å². The highest BCUT2D eigenvalue weighted by Gasteiger charge is 2.09. The molecule has 1 aromatic carbocycles. The Hall–Kier alpha value is -1.42. The standard InChI is InChI=1S/C14H20N2OS/c1-11-5-3-4-6-12(11)7-8-14(17)16(2)10-9-13(15)18/h3-6H,7-10H2,1-2H3,(H2,15,18). The molecule has 3 nitrogen and oxygen atoms in total. The molecule has 2 N–H and O–H groups in total. The topological polar surface area (TPSA) is 46.3 Å². The molecule has 4 heteroatoms. The Bertz CT molecular complexity index is 432. The Morgan fingerprint density at radius 3 is 2.61 bits per heavy atom. The molecular formula is C14H20N2OS. The molecule has 0 saturated heterocycles. The number of carbonyl (C=O) groups excluding carboxylic acids is 1. The first-order chi connectivity index (χ1) is 8.50. The number of amides is 1. The lowest BCUT2D eigenvalue weighted by Crippen LogP contribution is -2.30. The molecule has 0 saturated carbocycles. The third-order valence-corrected chi connectivity index (χ3v) is 3.19. The maximum absolute atomic E-state index is 11.9. The number of rotatable bonds is 6. The number of thiocarbonyl (C=S) groups is 1. The zero-order chi connectivity index (χ0) is 13.5. The van der Waals surface area contributed by atoms with Gasteiger partial charge in [0.1, 0.15) is 0 Å². The van der Waals surface area contributed by atoms with Crippen LogP contribution in [0.2, 0.25) is 0 Å². The Labute approximate surface area is 114 Å². The molecule has 0 heterocycles. The summed E-state index contributed by atoms with van der Waals surface area (Å²) in [5.41, 5.74) is 7.88. The van der Waals surface area contributed by atoms with Crippen molar-refractivity contribution in [2.75, 3.05) is 13.6 Å². The summed E-state index contributed by atoms with van der Waals surface area (Å²) in [7, 11) is 1.79. The zero-order valence-corrected chi connectivity index (χ0v) is 11.8. The largest absolute Gasteiger partial charge is 0.393 e. The monoisotopic (exact) mass is 264 g/mol. The van der Waals surface area contributed by atoms with E-state index in [9.17, 15) is 4.79 Å². The van der Waals surface area contributed by atoms with Gasteiger partial charge in [-0.2, -0.15) is 0 Å². The van der Waals surface area contributed by atoms with Crippen LogP contribution in [-0.4, -0.2) is 29.4 Å². The molecule has 98 valence electrons. The number of nitrogens with zero attached hydrogens (tertiary/aromatic N) is 1. The second-order valence-corrected chi connectivity index (χ2v) is 4.98. The van der Waals surface area contributed by atoms with Crippen molar-refractivity contribution in [1.82, 2.24) is 4.90 Å². The van der Waals surface area contributed by atoms with Gasteiger partial charge in [-0.05, 0) is 24.5 Å². The minimum Gasteiger partial charge on any atom is -0.393 e. The minimum atomic E-state index is 0.134. The van der Waals surface area contributed by atoms with Gasteiger partial charge in [-0.3, -0.25) is 4.79 Å². The smallest absolute Gasteiger partial charge is 0.222 e. The van der Waals surface area contributed by atoms with E-state index in [4.69, 9.17) is 18.0 Å². The third-order valence-electron chi connectivity index (χ3n) is 2.99. The van der Waals surface area contributed by atoms with Gasteiger partial charge in [0.2, 0.25) is 5.91 Å². The van der Waals surface area contributed by atoms with E-state index in [2.05, 4.69) is 19.1 Å². The van der Waals surface area contributed by atoms with Crippen LogP contribution in [0.25, 0.3) is 0 Å². The summed E-state index contributed by atoms with van der Waals surface area (Å²) in [5.74, 6) is 0.134. The summed E-state index contributed by atoms with van der Waals surface area (Å²) in [6.07, 6.45) is 1.89. The van der Waals surface area contributed by atoms with E-state index >= 15 is 0 Å². The summed E-state index contributed by atoms with van der Waals surface area (Å²) in [6, 6.07) is 8.15. The molecule has 18 heavy (non-hydrogen) atoms. The van der Waals surface area contributed by atoms with Crippen molar-refractivity contribution < 1.29 is 4.79 Å². The molecule has 0 aliphatic rings. The molecule has 0 unspecified atom stereocenters. The molecule has 0 radical (unpaired) electrons. The highest BCUT2D eigenvalue weighted by molar-refractivity contribution is 7.80. The number of benzene rings is 1. The van der Waals surface area contributed by atoms with Crippen molar-refractivity contribution in [3.8, 4) is 0 Å². The van der Waals surface area contributed by atoms with Gasteiger partial charge < -0.3 is 10.6 Å². The van der Waals surface area contributed by atoms with E-state index in [0.29, 0.717) is 24.4 Å². The summed E-state index contributed by atoms with van der Waals surface area (Å²) < 4.78 is 0. The predicted octanol–water partition coefficient (Wildman–Crippen LogP) is 2.06. The quantitative estimate of drug-likeness (QED) is 0.800. The molecule has 0 bridgehead atoms. The number of aryl methyl sites for hydroxylation is 2. The average molecular weight is 264 g/mol. The van der Waals surface area contributed by atoms with Gasteiger partial charge in [-0.15, -0.1) is 0 Å². The molecular weight excluding hydrogens is 244 g/mol. The van der Waals surface area contributed by atoms with E-state index < -0.39 is 0 Å². The number of hydrogen-bond donors (Lipinski definition) is 1. The first-order valence-electron chi connectivity index (χ1n) is 6.07. The summed E-state index contributed by atoms with van der Waals surface area (Å²) in [6.45, 7) is 2.66. The highest BCUT2D eigenvalue weighted by Crippen LogP contribution is 2.10. The van der Waals surface area contributed by atoms with Crippen molar-refractivity contribution in [3.63, 3.8) is 0 Å². The van der Waals surface area contributed by atoms with Crippen molar-refractivity contribution in [3.05, 3.63) is 35.4 Å². The third kappa shape index (κ3) is 4.84. The molecule has 0 atom stereocenters. The van der Waals surface area contributed by atoms with Crippen LogP contribution >= 0.6 is 12.2 Å². The second-order valence-electron chi connectivity index (χ2n) is 4.46. The molecule has 0 spiro atoms. The Morgan fingerprint density at radius 2 is 2.00 bits per heavy atom. The first-order valence-corrected chi connectivity index (χ1v) is 6.48. The van der Waals surface area contributed by atoms with Gasteiger partial charge in [0.25, 0.3) is 0 Å². The van der Waals surface area contributed by atoms with E-state index in [1.165, 1.54) is 11.1 Å². The Morgan fingerprint density at radius 1 is 1.33 bits per heavy atom. The zero-order valence-electron chi connectivity index (χ0n) is 11.0. The van der Waals surface area contributed by atoms with Crippen LogP contribution in [0.4, 0.5) is 0 Å². The van der Waals surface area contributed by atoms with Crippen LogP contribution < -0.4 is 5.73 Å². The van der Waals surface area contributed by atoms with Crippen molar-refractivity contribution in [2.24, 2.45) is 5.73 Å². The van der Waals surface area contributed by atoms with E-state index in [-0.39, 0.29) is 5.91 Å². The van der Waals surface area contributed by atoms with E-state index in [1.54, 1.807) is 11.9 Å². The molecule has 1 amide bonds. The van der Waals surface area contributed by atoms with Gasteiger partial charge in [-0.25, -0.2) is 0 Å². The fraction of sp³-hybridized carbons (Fsp3) is 0.429. The van der Waals surface area contributed by atoms with Gasteiger partial charge in [0.15, 0.2) is 0 Å². The van der Waals surface area contributed by atoms with Crippen molar-refractivity contribution in [2.45, 2.75) is 26.2 Å². The molecule has 0 aliphatic carbocycles. The van der Waals surface area contributed by atoms with Gasteiger partial charge >= 0.3 is 0 Å². The van der Waals surface area contributed by atoms with Gasteiger partial charge in [0.05, 0.1) is 4.99 Å². The molecule has 0 fully saturated rings. The normalized spacial score (nSPS) is 10.1. The molecule has 1 aromatic rings. The van der Waals surface area contributed by atoms with Gasteiger partial charge in [0, 0.05) is 26.4 Å². The van der Waals surface area contributed by atoms with Gasteiger partial charge in [-0.1, -0.05) is 36.5 Å². The molecule has 0 aliphatic heterocycles. The van der Waals surface area contributed by atoms with Crippen LogP contribution in [0.1, 0.15) is 24.0 Å². The van der Waals surface area contributed by atoms with Crippen LogP contribution in [0.3, 0.4) is 0 Å². The van der Waals surface area contributed by atoms with Crippen LogP contribution in [0.5, 0.6) is 0 Å². The summed E-state index contributed by atoms with van der Waals surface area (Å²) in [4.78, 5) is 14.0. The number of nitrogens with two attached hydrogens (primary N) is 1. The highest BCUT2D eigenvalue weighted by atomic mass is 32.1. The lowest BCUT2D eigenvalue weighted by Gasteiger charge is -2.17. The predicted molar refractivity (Wildman–Crippen MR) is 78.5 cm³/mol. The Kier molecular flexibility index (Phi) is 5.78. The van der Waals surface area contributed by atoms with Crippen molar-refractivity contribution >= 4 is 23.1 Å². The lowest BCUT2D eigenvalue weighted by molar-refractivity contribution is -0.129. The minimum absolute atomic E-state index is 0.134. The molecule has 1 rings (SSSR count). The maximum Gasteiger partial charge on any atom is 0.222 e. The lowest BCUT2D eigenvalue weighted by atomic mass is 10.0. The second kappa shape index (κ2) is 7.11.